The highest BCUT2D eigenvalue weighted by atomic mass is 16.3. The Bertz CT molecular complexity index is 821. The van der Waals surface area contributed by atoms with Gasteiger partial charge in [0.15, 0.2) is 0 Å². The molecular weight excluding hydrogens is 402 g/mol. The van der Waals surface area contributed by atoms with E-state index in [2.05, 4.69) is 40.5 Å². The van der Waals surface area contributed by atoms with Gasteiger partial charge in [-0.1, -0.05) is 19.9 Å². The molecule has 0 aliphatic carbocycles. The lowest BCUT2D eigenvalue weighted by molar-refractivity contribution is 0.401. The molecule has 0 radical (unpaired) electrons. The Morgan fingerprint density at radius 3 is 1.75 bits per heavy atom. The fourth-order valence-electron chi connectivity index (χ4n) is 3.82. The summed E-state index contributed by atoms with van der Waals surface area (Å²) < 4.78 is 0. The zero-order chi connectivity index (χ0) is 24.0. The highest BCUT2D eigenvalue weighted by molar-refractivity contribution is 5.64. The molecular formula is C25H41N5O2. The fraction of sp³-hybridized carbons (Fsp3) is 0.520. The van der Waals surface area contributed by atoms with Crippen LogP contribution in [0.1, 0.15) is 36.1 Å². The van der Waals surface area contributed by atoms with Gasteiger partial charge in [0, 0.05) is 39.3 Å². The topological polar surface area (TPSA) is 74.2 Å². The Balaban J connectivity index is 2.38. The third kappa shape index (κ3) is 7.58. The molecule has 0 aliphatic rings. The van der Waals surface area contributed by atoms with E-state index in [0.717, 1.165) is 41.8 Å². The number of aromatic hydroxyl groups is 2. The van der Waals surface area contributed by atoms with Crippen molar-refractivity contribution in [3.63, 3.8) is 0 Å². The fourth-order valence-corrected chi connectivity index (χ4v) is 3.82. The zero-order valence-electron chi connectivity index (χ0n) is 21.0. The number of anilines is 2. The van der Waals surface area contributed by atoms with Crippen LogP contribution in [0.3, 0.4) is 0 Å². The van der Waals surface area contributed by atoms with Crippen molar-refractivity contribution in [1.29, 1.82) is 0 Å². The lowest BCUT2D eigenvalue weighted by atomic mass is 9.98. The number of phenolic OH excluding ortho intramolecular Hbond substituents is 2. The second kappa shape index (κ2) is 11.4. The second-order valence-electron chi connectivity index (χ2n) is 9.74. The van der Waals surface area contributed by atoms with Crippen LogP contribution in [0.4, 0.5) is 11.4 Å². The molecule has 0 bridgehead atoms. The molecule has 7 nitrogen and oxygen atoms in total. The van der Waals surface area contributed by atoms with Crippen molar-refractivity contribution in [3.05, 3.63) is 46.5 Å². The van der Waals surface area contributed by atoms with Gasteiger partial charge in [0.1, 0.15) is 11.5 Å². The van der Waals surface area contributed by atoms with Crippen LogP contribution >= 0.6 is 0 Å². The van der Waals surface area contributed by atoms with Gasteiger partial charge in [-0.05, 0) is 75.4 Å². The van der Waals surface area contributed by atoms with Gasteiger partial charge in [0.05, 0.1) is 11.4 Å². The first-order chi connectivity index (χ1) is 15.0. The van der Waals surface area contributed by atoms with E-state index in [1.807, 2.05) is 60.5 Å². The molecule has 0 saturated carbocycles. The molecule has 4 N–H and O–H groups in total. The van der Waals surface area contributed by atoms with Crippen LogP contribution in [0.5, 0.6) is 11.5 Å². The van der Waals surface area contributed by atoms with Gasteiger partial charge in [-0.25, -0.2) is 5.01 Å². The summed E-state index contributed by atoms with van der Waals surface area (Å²) in [6.07, 6.45) is 0.808. The van der Waals surface area contributed by atoms with Crippen molar-refractivity contribution in [2.45, 2.75) is 39.9 Å². The average molecular weight is 444 g/mol. The van der Waals surface area contributed by atoms with Crippen molar-refractivity contribution in [2.24, 2.45) is 5.92 Å². The molecule has 2 rings (SSSR count). The molecule has 0 amide bonds. The highest BCUT2D eigenvalue weighted by Crippen LogP contribution is 2.34. The van der Waals surface area contributed by atoms with E-state index in [4.69, 9.17) is 0 Å². The number of phenols is 2. The number of nitrogens with one attached hydrogen (secondary N) is 2. The van der Waals surface area contributed by atoms with E-state index >= 15 is 0 Å². The quantitative estimate of drug-likeness (QED) is 0.310. The summed E-state index contributed by atoms with van der Waals surface area (Å²) in [6.45, 7) is 6.25. The van der Waals surface area contributed by atoms with Crippen molar-refractivity contribution in [2.75, 3.05) is 53.0 Å². The Morgan fingerprint density at radius 2 is 1.25 bits per heavy atom. The Labute approximate surface area is 193 Å². The Kier molecular flexibility index (Phi) is 9.19. The van der Waals surface area contributed by atoms with E-state index in [1.54, 1.807) is 5.01 Å². The molecule has 32 heavy (non-hydrogen) atoms. The summed E-state index contributed by atoms with van der Waals surface area (Å²) in [7, 11) is 11.9. The molecule has 0 fully saturated rings. The number of benzene rings is 2. The van der Waals surface area contributed by atoms with Crippen LogP contribution < -0.4 is 10.7 Å². The van der Waals surface area contributed by atoms with E-state index in [0.29, 0.717) is 23.8 Å². The first-order valence-electron chi connectivity index (χ1n) is 11.1. The smallest absolute Gasteiger partial charge is 0.144 e. The van der Waals surface area contributed by atoms with Crippen molar-refractivity contribution in [3.8, 4) is 11.5 Å². The monoisotopic (exact) mass is 443 g/mol. The highest BCUT2D eigenvalue weighted by Gasteiger charge is 2.15. The summed E-state index contributed by atoms with van der Waals surface area (Å²) >= 11 is 0. The summed E-state index contributed by atoms with van der Waals surface area (Å²) in [5, 5.41) is 27.0. The maximum Gasteiger partial charge on any atom is 0.144 e. The first kappa shape index (κ1) is 25.8. The summed E-state index contributed by atoms with van der Waals surface area (Å²) in [4.78, 5) is 4.21. The molecule has 2 aromatic rings. The molecule has 0 atom stereocenters. The van der Waals surface area contributed by atoms with Gasteiger partial charge < -0.3 is 30.8 Å². The Morgan fingerprint density at radius 1 is 0.750 bits per heavy atom. The molecule has 2 aromatic carbocycles. The minimum atomic E-state index is 0.208. The molecule has 0 aliphatic heterocycles. The van der Waals surface area contributed by atoms with Crippen molar-refractivity contribution in [1.82, 2.24) is 14.8 Å². The number of hydrogen-bond acceptors (Lipinski definition) is 7. The van der Waals surface area contributed by atoms with E-state index in [9.17, 15) is 10.2 Å². The van der Waals surface area contributed by atoms with Gasteiger partial charge in [0.25, 0.3) is 0 Å². The van der Waals surface area contributed by atoms with Crippen LogP contribution in [-0.2, 0) is 26.1 Å². The maximum absolute atomic E-state index is 10.9. The van der Waals surface area contributed by atoms with Crippen LogP contribution in [0, 0.1) is 5.92 Å². The van der Waals surface area contributed by atoms with Crippen molar-refractivity contribution >= 4 is 11.4 Å². The van der Waals surface area contributed by atoms with Crippen LogP contribution in [0.25, 0.3) is 0 Å². The van der Waals surface area contributed by atoms with Gasteiger partial charge in [0.2, 0.25) is 0 Å². The predicted octanol–water partition coefficient (Wildman–Crippen LogP) is 3.92. The zero-order valence-corrected chi connectivity index (χ0v) is 21.0. The SMILES string of the molecule is CC(C)Cc1cc(CN(C)C)cc(NCc2cc(CN(C)C)cc(NN(C)C)c2O)c1O. The molecule has 0 unspecified atom stereocenters. The first-order valence-corrected chi connectivity index (χ1v) is 11.1. The van der Waals surface area contributed by atoms with Gasteiger partial charge >= 0.3 is 0 Å². The molecule has 0 spiro atoms. The lowest BCUT2D eigenvalue weighted by Crippen LogP contribution is -2.20. The molecule has 178 valence electrons. The normalized spacial score (nSPS) is 11.8. The third-order valence-corrected chi connectivity index (χ3v) is 4.94. The summed E-state index contributed by atoms with van der Waals surface area (Å²) in [6, 6.07) is 8.07. The molecule has 0 aromatic heterocycles. The molecule has 7 heteroatoms. The Hall–Kier alpha value is -2.48. The van der Waals surface area contributed by atoms with Gasteiger partial charge in [-0.2, -0.15) is 0 Å². The maximum atomic E-state index is 10.9. The van der Waals surface area contributed by atoms with E-state index in [1.165, 1.54) is 0 Å². The average Bonchev–Trinajstić information content (AvgIpc) is 2.64. The number of hydrogen-bond donors (Lipinski definition) is 4. The number of nitrogens with zero attached hydrogens (tertiary/aromatic N) is 3. The second-order valence-corrected chi connectivity index (χ2v) is 9.74. The minimum Gasteiger partial charge on any atom is -0.505 e. The standard InChI is InChI=1S/C25H41N5O2/c1-17(2)9-20-10-18(15-28(3)4)12-22(24(20)31)26-14-21-11-19(16-29(5)6)13-23(25(21)32)27-30(7)8/h10-13,17,26-27,31-32H,9,14-16H2,1-8H3. The van der Waals surface area contributed by atoms with E-state index < -0.39 is 0 Å². The minimum absolute atomic E-state index is 0.208. The van der Waals surface area contributed by atoms with Crippen LogP contribution in [0.2, 0.25) is 0 Å². The van der Waals surface area contributed by atoms with Crippen molar-refractivity contribution < 1.29 is 10.2 Å². The molecule has 0 saturated heterocycles. The number of rotatable bonds is 11. The van der Waals surface area contributed by atoms with E-state index in [-0.39, 0.29) is 11.5 Å². The summed E-state index contributed by atoms with van der Waals surface area (Å²) in [5.41, 5.74) is 8.50. The van der Waals surface area contributed by atoms with Gasteiger partial charge in [-0.3, -0.25) is 0 Å². The number of hydrazine groups is 1. The molecule has 0 heterocycles. The third-order valence-electron chi connectivity index (χ3n) is 4.94. The van der Waals surface area contributed by atoms with Crippen LogP contribution in [-0.4, -0.2) is 67.3 Å². The largest absolute Gasteiger partial charge is 0.505 e. The summed E-state index contributed by atoms with van der Waals surface area (Å²) in [5.74, 6) is 0.937. The predicted molar refractivity (Wildman–Crippen MR) is 134 cm³/mol. The van der Waals surface area contributed by atoms with Gasteiger partial charge in [-0.15, -0.1) is 0 Å². The van der Waals surface area contributed by atoms with Crippen LogP contribution in [0.15, 0.2) is 24.3 Å². The lowest BCUT2D eigenvalue weighted by Gasteiger charge is -2.21.